The van der Waals surface area contributed by atoms with Crippen molar-refractivity contribution in [1.29, 1.82) is 0 Å². The van der Waals surface area contributed by atoms with Crippen molar-refractivity contribution in [3.05, 3.63) is 22.8 Å². The molecule has 1 heterocycles. The van der Waals surface area contributed by atoms with E-state index in [1.54, 1.807) is 19.2 Å². The molecule has 19 heavy (non-hydrogen) atoms. The van der Waals surface area contributed by atoms with E-state index in [1.165, 1.54) is 6.42 Å². The zero-order valence-electron chi connectivity index (χ0n) is 11.4. The Labute approximate surface area is 118 Å². The summed E-state index contributed by atoms with van der Waals surface area (Å²) < 4.78 is 0. The molecule has 1 aromatic rings. The maximum Gasteiger partial charge on any atom is 0.271 e. The molecule has 0 spiro atoms. The Morgan fingerprint density at radius 1 is 1.32 bits per heavy atom. The maximum atomic E-state index is 12.3. The van der Waals surface area contributed by atoms with Crippen LogP contribution in [0.15, 0.2) is 12.1 Å². The molecule has 0 atom stereocenters. The molecule has 4 nitrogen and oxygen atoms in total. The molecule has 1 aliphatic rings. The van der Waals surface area contributed by atoms with Crippen LogP contribution in [-0.4, -0.2) is 23.5 Å². The van der Waals surface area contributed by atoms with E-state index in [9.17, 15) is 4.79 Å². The van der Waals surface area contributed by atoms with Crippen molar-refractivity contribution in [2.24, 2.45) is 0 Å². The number of anilines is 1. The lowest BCUT2D eigenvalue weighted by molar-refractivity contribution is 0.0878. The van der Waals surface area contributed by atoms with Gasteiger partial charge in [-0.2, -0.15) is 0 Å². The standard InChI is InChI=1S/C14H20ClN3O/c1-14(8-4-3-5-9-14)18-13(19)12-10(15)6-7-11(16-2)17-12/h6-7H,3-5,8-9H2,1-2H3,(H,16,17)(H,18,19). The lowest BCUT2D eigenvalue weighted by atomic mass is 9.83. The number of hydrogen-bond donors (Lipinski definition) is 2. The largest absolute Gasteiger partial charge is 0.373 e. The quantitative estimate of drug-likeness (QED) is 0.894. The summed E-state index contributed by atoms with van der Waals surface area (Å²) >= 11 is 6.06. The molecule has 1 aliphatic carbocycles. The summed E-state index contributed by atoms with van der Waals surface area (Å²) in [6.07, 6.45) is 5.60. The fourth-order valence-corrected chi connectivity index (χ4v) is 2.72. The maximum absolute atomic E-state index is 12.3. The highest BCUT2D eigenvalue weighted by molar-refractivity contribution is 6.33. The number of halogens is 1. The molecule has 0 aromatic carbocycles. The van der Waals surface area contributed by atoms with E-state index >= 15 is 0 Å². The van der Waals surface area contributed by atoms with E-state index in [0.717, 1.165) is 25.7 Å². The van der Waals surface area contributed by atoms with Gasteiger partial charge in [-0.15, -0.1) is 0 Å². The number of nitrogens with one attached hydrogen (secondary N) is 2. The Morgan fingerprint density at radius 3 is 2.63 bits per heavy atom. The Bertz CT molecular complexity index is 470. The molecule has 1 saturated carbocycles. The number of hydrogen-bond acceptors (Lipinski definition) is 3. The summed E-state index contributed by atoms with van der Waals surface area (Å²) in [4.78, 5) is 16.6. The second-order valence-corrected chi connectivity index (χ2v) is 5.76. The molecule has 0 bridgehead atoms. The van der Waals surface area contributed by atoms with Crippen LogP contribution in [-0.2, 0) is 0 Å². The predicted octanol–water partition coefficient (Wildman–Crippen LogP) is 3.23. The van der Waals surface area contributed by atoms with E-state index in [2.05, 4.69) is 22.5 Å². The number of nitrogens with zero attached hydrogens (tertiary/aromatic N) is 1. The van der Waals surface area contributed by atoms with E-state index in [-0.39, 0.29) is 11.4 Å². The normalized spacial score (nSPS) is 17.8. The van der Waals surface area contributed by atoms with Gasteiger partial charge in [-0.25, -0.2) is 4.98 Å². The minimum absolute atomic E-state index is 0.129. The highest BCUT2D eigenvalue weighted by atomic mass is 35.5. The molecule has 5 heteroatoms. The molecule has 0 unspecified atom stereocenters. The van der Waals surface area contributed by atoms with Crippen LogP contribution in [0.5, 0.6) is 0 Å². The van der Waals surface area contributed by atoms with Crippen LogP contribution in [0.1, 0.15) is 49.5 Å². The summed E-state index contributed by atoms with van der Waals surface area (Å²) in [6, 6.07) is 3.44. The van der Waals surface area contributed by atoms with Gasteiger partial charge in [-0.3, -0.25) is 4.79 Å². The summed E-state index contributed by atoms with van der Waals surface area (Å²) in [7, 11) is 1.76. The van der Waals surface area contributed by atoms with Gasteiger partial charge < -0.3 is 10.6 Å². The van der Waals surface area contributed by atoms with E-state index in [4.69, 9.17) is 11.6 Å². The molecule has 104 valence electrons. The molecule has 0 saturated heterocycles. The van der Waals surface area contributed by atoms with Gasteiger partial charge in [0.15, 0.2) is 0 Å². The molecular formula is C14H20ClN3O. The van der Waals surface area contributed by atoms with Crippen LogP contribution < -0.4 is 10.6 Å². The summed E-state index contributed by atoms with van der Waals surface area (Å²) in [5, 5.41) is 6.39. The molecule has 0 radical (unpaired) electrons. The van der Waals surface area contributed by atoms with Crippen molar-refractivity contribution in [2.75, 3.05) is 12.4 Å². The molecule has 2 rings (SSSR count). The van der Waals surface area contributed by atoms with Crippen LogP contribution in [0.4, 0.5) is 5.82 Å². The SMILES string of the molecule is CNc1ccc(Cl)c(C(=O)NC2(C)CCCCC2)n1. The zero-order valence-corrected chi connectivity index (χ0v) is 12.2. The van der Waals surface area contributed by atoms with Crippen LogP contribution in [0, 0.1) is 0 Å². The zero-order chi connectivity index (χ0) is 13.9. The van der Waals surface area contributed by atoms with Gasteiger partial charge in [-0.05, 0) is 31.9 Å². The Morgan fingerprint density at radius 2 is 2.00 bits per heavy atom. The third-order valence-electron chi connectivity index (χ3n) is 3.69. The Kier molecular flexibility index (Phi) is 4.30. The van der Waals surface area contributed by atoms with Gasteiger partial charge in [-0.1, -0.05) is 30.9 Å². The number of aromatic nitrogens is 1. The van der Waals surface area contributed by atoms with E-state index in [0.29, 0.717) is 16.5 Å². The number of pyridine rings is 1. The Hall–Kier alpha value is -1.29. The average Bonchev–Trinajstić information content (AvgIpc) is 2.39. The smallest absolute Gasteiger partial charge is 0.271 e. The fraction of sp³-hybridized carbons (Fsp3) is 0.571. The van der Waals surface area contributed by atoms with E-state index < -0.39 is 0 Å². The number of carbonyl (C=O) groups is 1. The van der Waals surface area contributed by atoms with E-state index in [1.807, 2.05) is 0 Å². The lowest BCUT2D eigenvalue weighted by Crippen LogP contribution is -2.47. The van der Waals surface area contributed by atoms with Crippen molar-refractivity contribution in [3.63, 3.8) is 0 Å². The van der Waals surface area contributed by atoms with Crippen molar-refractivity contribution in [1.82, 2.24) is 10.3 Å². The number of rotatable bonds is 3. The van der Waals surface area contributed by atoms with Crippen LogP contribution in [0.2, 0.25) is 5.02 Å². The molecular weight excluding hydrogens is 262 g/mol. The first kappa shape index (κ1) is 14.1. The monoisotopic (exact) mass is 281 g/mol. The first-order valence-corrected chi connectivity index (χ1v) is 7.09. The first-order valence-electron chi connectivity index (χ1n) is 6.71. The topological polar surface area (TPSA) is 54.0 Å². The van der Waals surface area contributed by atoms with Crippen LogP contribution >= 0.6 is 11.6 Å². The predicted molar refractivity (Wildman–Crippen MR) is 77.7 cm³/mol. The molecule has 1 fully saturated rings. The van der Waals surface area contributed by atoms with Crippen molar-refractivity contribution in [3.8, 4) is 0 Å². The summed E-state index contributed by atoms with van der Waals surface area (Å²) in [5.41, 5.74) is 0.163. The summed E-state index contributed by atoms with van der Waals surface area (Å²) in [6.45, 7) is 2.10. The second-order valence-electron chi connectivity index (χ2n) is 5.35. The van der Waals surface area contributed by atoms with Crippen molar-refractivity contribution >= 4 is 23.3 Å². The highest BCUT2D eigenvalue weighted by Gasteiger charge is 2.29. The van der Waals surface area contributed by atoms with Crippen molar-refractivity contribution < 1.29 is 4.79 Å². The Balaban J connectivity index is 2.15. The number of amides is 1. The van der Waals surface area contributed by atoms with Crippen LogP contribution in [0.25, 0.3) is 0 Å². The first-order chi connectivity index (χ1) is 9.04. The summed E-state index contributed by atoms with van der Waals surface area (Å²) in [5.74, 6) is 0.454. The average molecular weight is 282 g/mol. The molecule has 1 amide bonds. The number of carbonyl (C=O) groups excluding carboxylic acids is 1. The third-order valence-corrected chi connectivity index (χ3v) is 3.99. The van der Waals surface area contributed by atoms with Crippen LogP contribution in [0.3, 0.4) is 0 Å². The fourth-order valence-electron chi connectivity index (χ4n) is 2.53. The van der Waals surface area contributed by atoms with Crippen molar-refractivity contribution in [2.45, 2.75) is 44.6 Å². The third kappa shape index (κ3) is 3.38. The molecule has 1 aromatic heterocycles. The molecule has 2 N–H and O–H groups in total. The molecule has 0 aliphatic heterocycles. The van der Waals surface area contributed by atoms with Gasteiger partial charge >= 0.3 is 0 Å². The van der Waals surface area contributed by atoms with Gasteiger partial charge in [0.25, 0.3) is 5.91 Å². The van der Waals surface area contributed by atoms with Gasteiger partial charge in [0.1, 0.15) is 11.5 Å². The van der Waals surface area contributed by atoms with Gasteiger partial charge in [0.2, 0.25) is 0 Å². The minimum Gasteiger partial charge on any atom is -0.373 e. The van der Waals surface area contributed by atoms with Gasteiger partial charge in [0.05, 0.1) is 5.02 Å². The van der Waals surface area contributed by atoms with Gasteiger partial charge in [0, 0.05) is 12.6 Å². The highest BCUT2D eigenvalue weighted by Crippen LogP contribution is 2.28. The minimum atomic E-state index is -0.188. The second kappa shape index (κ2) is 5.78. The lowest BCUT2D eigenvalue weighted by Gasteiger charge is -2.34.